The van der Waals surface area contributed by atoms with Gasteiger partial charge in [0, 0.05) is 10.5 Å². The molecular formula is C10H11NO3S. The highest BCUT2D eigenvalue weighted by Gasteiger charge is 2.26. The highest BCUT2D eigenvalue weighted by molar-refractivity contribution is 7.98. The number of amides is 1. The van der Waals surface area contributed by atoms with Crippen LogP contribution < -0.4 is 10.5 Å². The second kappa shape index (κ2) is 4.02. The average Bonchev–Trinajstić information content (AvgIpc) is 2.60. The smallest absolute Gasteiger partial charge is 0.405 e. The molecule has 0 saturated heterocycles. The van der Waals surface area contributed by atoms with Crippen LogP contribution >= 0.6 is 11.8 Å². The highest BCUT2D eigenvalue weighted by atomic mass is 32.2. The number of primary amides is 1. The van der Waals surface area contributed by atoms with Gasteiger partial charge in [-0.1, -0.05) is 6.07 Å². The summed E-state index contributed by atoms with van der Waals surface area (Å²) in [7, 11) is 0. The van der Waals surface area contributed by atoms with Gasteiger partial charge in [0.1, 0.15) is 12.4 Å². The Labute approximate surface area is 91.7 Å². The lowest BCUT2D eigenvalue weighted by Gasteiger charge is -2.08. The SMILES string of the molecule is CSc1ccc2c(c1)OCC2OC(N)=O. The van der Waals surface area contributed by atoms with Gasteiger partial charge in [0.25, 0.3) is 0 Å². The van der Waals surface area contributed by atoms with E-state index in [0.29, 0.717) is 6.61 Å². The second-order valence-electron chi connectivity index (χ2n) is 3.14. The first kappa shape index (κ1) is 10.2. The molecule has 1 heterocycles. The molecule has 0 aliphatic carbocycles. The third-order valence-corrected chi connectivity index (χ3v) is 2.94. The second-order valence-corrected chi connectivity index (χ2v) is 4.02. The number of carbonyl (C=O) groups excluding carboxylic acids is 1. The first-order valence-electron chi connectivity index (χ1n) is 4.47. The summed E-state index contributed by atoms with van der Waals surface area (Å²) in [6.45, 7) is 0.343. The zero-order valence-electron chi connectivity index (χ0n) is 8.23. The maximum absolute atomic E-state index is 10.6. The monoisotopic (exact) mass is 225 g/mol. The molecular weight excluding hydrogens is 214 g/mol. The Bertz CT molecular complexity index is 394. The number of rotatable bonds is 2. The molecule has 1 aromatic carbocycles. The number of benzene rings is 1. The third kappa shape index (κ3) is 2.02. The summed E-state index contributed by atoms with van der Waals surface area (Å²) in [6, 6.07) is 5.81. The van der Waals surface area contributed by atoms with E-state index in [-0.39, 0.29) is 6.10 Å². The lowest BCUT2D eigenvalue weighted by Crippen LogP contribution is -2.18. The fourth-order valence-corrected chi connectivity index (χ4v) is 1.95. The summed E-state index contributed by atoms with van der Waals surface area (Å²) < 4.78 is 10.3. The lowest BCUT2D eigenvalue weighted by molar-refractivity contribution is 0.0906. The van der Waals surface area contributed by atoms with Gasteiger partial charge in [0.15, 0.2) is 6.10 Å². The largest absolute Gasteiger partial charge is 0.489 e. The van der Waals surface area contributed by atoms with Gasteiger partial charge in [-0.3, -0.25) is 0 Å². The number of nitrogens with two attached hydrogens (primary N) is 1. The number of carbonyl (C=O) groups is 1. The summed E-state index contributed by atoms with van der Waals surface area (Å²) in [5.41, 5.74) is 5.85. The molecule has 0 radical (unpaired) electrons. The van der Waals surface area contributed by atoms with E-state index in [1.807, 2.05) is 24.5 Å². The molecule has 1 aliphatic rings. The molecule has 0 spiro atoms. The van der Waals surface area contributed by atoms with Crippen molar-refractivity contribution in [2.24, 2.45) is 5.73 Å². The molecule has 0 saturated carbocycles. The molecule has 2 N–H and O–H groups in total. The van der Waals surface area contributed by atoms with Crippen LogP contribution in [0.5, 0.6) is 5.75 Å². The van der Waals surface area contributed by atoms with Crippen LogP contribution in [0.1, 0.15) is 11.7 Å². The predicted octanol–water partition coefficient (Wildman–Crippen LogP) is 1.94. The first-order valence-corrected chi connectivity index (χ1v) is 5.70. The molecule has 1 amide bonds. The summed E-state index contributed by atoms with van der Waals surface area (Å²) in [4.78, 5) is 11.7. The van der Waals surface area contributed by atoms with Crippen LogP contribution in [0.3, 0.4) is 0 Å². The Morgan fingerprint density at radius 2 is 2.47 bits per heavy atom. The van der Waals surface area contributed by atoms with E-state index in [9.17, 15) is 4.79 Å². The van der Waals surface area contributed by atoms with E-state index < -0.39 is 6.09 Å². The zero-order chi connectivity index (χ0) is 10.8. The Morgan fingerprint density at radius 1 is 1.67 bits per heavy atom. The zero-order valence-corrected chi connectivity index (χ0v) is 9.04. The highest BCUT2D eigenvalue weighted by Crippen LogP contribution is 2.36. The topological polar surface area (TPSA) is 61.6 Å². The van der Waals surface area contributed by atoms with Gasteiger partial charge in [0.2, 0.25) is 0 Å². The minimum atomic E-state index is -0.773. The van der Waals surface area contributed by atoms with Crippen molar-refractivity contribution < 1.29 is 14.3 Å². The van der Waals surface area contributed by atoms with E-state index in [4.69, 9.17) is 15.2 Å². The molecule has 0 aromatic heterocycles. The molecule has 1 aromatic rings. The average molecular weight is 225 g/mol. The molecule has 0 fully saturated rings. The molecule has 80 valence electrons. The van der Waals surface area contributed by atoms with Crippen molar-refractivity contribution in [3.05, 3.63) is 23.8 Å². The first-order chi connectivity index (χ1) is 7.20. The molecule has 0 bridgehead atoms. The van der Waals surface area contributed by atoms with Crippen LogP contribution in [0, 0.1) is 0 Å². The minimum Gasteiger partial charge on any atom is -0.489 e. The van der Waals surface area contributed by atoms with Crippen LogP contribution in [-0.4, -0.2) is 19.0 Å². The van der Waals surface area contributed by atoms with Crippen molar-refractivity contribution in [3.63, 3.8) is 0 Å². The van der Waals surface area contributed by atoms with E-state index >= 15 is 0 Å². The molecule has 1 aliphatic heterocycles. The summed E-state index contributed by atoms with van der Waals surface area (Å²) in [6.07, 6.45) is 0.854. The fraction of sp³-hybridized carbons (Fsp3) is 0.300. The normalized spacial score (nSPS) is 18.1. The van der Waals surface area contributed by atoms with E-state index in [1.54, 1.807) is 11.8 Å². The van der Waals surface area contributed by atoms with Gasteiger partial charge >= 0.3 is 6.09 Å². The summed E-state index contributed by atoms with van der Waals surface area (Å²) in [5.74, 6) is 0.771. The number of hydrogen-bond donors (Lipinski definition) is 1. The van der Waals surface area contributed by atoms with Gasteiger partial charge in [-0.15, -0.1) is 11.8 Å². The van der Waals surface area contributed by atoms with Gasteiger partial charge in [-0.05, 0) is 18.4 Å². The standard InChI is InChI=1S/C10H11NO3S/c1-15-6-2-3-7-8(4-6)13-5-9(7)14-10(11)12/h2-4,9H,5H2,1H3,(H2,11,12). The van der Waals surface area contributed by atoms with Crippen molar-refractivity contribution in [3.8, 4) is 5.75 Å². The Hall–Kier alpha value is -1.36. The van der Waals surface area contributed by atoms with Crippen molar-refractivity contribution in [2.45, 2.75) is 11.0 Å². The minimum absolute atomic E-state index is 0.343. The van der Waals surface area contributed by atoms with Crippen LogP contribution in [0.25, 0.3) is 0 Å². The maximum Gasteiger partial charge on any atom is 0.405 e. The van der Waals surface area contributed by atoms with Crippen molar-refractivity contribution in [1.29, 1.82) is 0 Å². The Morgan fingerprint density at radius 3 is 3.13 bits per heavy atom. The van der Waals surface area contributed by atoms with Gasteiger partial charge in [0.05, 0.1) is 0 Å². The number of thioether (sulfide) groups is 1. The molecule has 2 rings (SSSR count). The Balaban J connectivity index is 2.24. The van der Waals surface area contributed by atoms with Crippen LogP contribution in [0.15, 0.2) is 23.1 Å². The van der Waals surface area contributed by atoms with E-state index in [0.717, 1.165) is 16.2 Å². The fourth-order valence-electron chi connectivity index (χ4n) is 1.53. The van der Waals surface area contributed by atoms with Crippen molar-refractivity contribution >= 4 is 17.9 Å². The van der Waals surface area contributed by atoms with Crippen LogP contribution in [0.2, 0.25) is 0 Å². The van der Waals surface area contributed by atoms with E-state index in [2.05, 4.69) is 0 Å². The maximum atomic E-state index is 10.6. The molecule has 1 unspecified atom stereocenters. The van der Waals surface area contributed by atoms with Gasteiger partial charge in [-0.25, -0.2) is 4.79 Å². The van der Waals surface area contributed by atoms with Crippen LogP contribution in [0.4, 0.5) is 4.79 Å². The van der Waals surface area contributed by atoms with Crippen molar-refractivity contribution in [1.82, 2.24) is 0 Å². The number of ether oxygens (including phenoxy) is 2. The predicted molar refractivity (Wildman–Crippen MR) is 57.1 cm³/mol. The molecule has 4 nitrogen and oxygen atoms in total. The number of fused-ring (bicyclic) bond motifs is 1. The molecule has 1 atom stereocenters. The quantitative estimate of drug-likeness (QED) is 0.781. The number of hydrogen-bond acceptors (Lipinski definition) is 4. The van der Waals surface area contributed by atoms with Crippen LogP contribution in [-0.2, 0) is 4.74 Å². The lowest BCUT2D eigenvalue weighted by atomic mass is 10.1. The van der Waals surface area contributed by atoms with Gasteiger partial charge < -0.3 is 15.2 Å². The van der Waals surface area contributed by atoms with Crippen molar-refractivity contribution in [2.75, 3.05) is 12.9 Å². The van der Waals surface area contributed by atoms with E-state index in [1.165, 1.54) is 0 Å². The summed E-state index contributed by atoms with van der Waals surface area (Å²) >= 11 is 1.64. The Kier molecular flexibility index (Phi) is 2.73. The third-order valence-electron chi connectivity index (χ3n) is 2.22. The molecule has 15 heavy (non-hydrogen) atoms. The van der Waals surface area contributed by atoms with Gasteiger partial charge in [-0.2, -0.15) is 0 Å². The summed E-state index contributed by atoms with van der Waals surface area (Å²) in [5, 5.41) is 0. The molecule has 5 heteroatoms.